The summed E-state index contributed by atoms with van der Waals surface area (Å²) in [5.74, 6) is 0. The van der Waals surface area contributed by atoms with E-state index in [4.69, 9.17) is 0 Å². The van der Waals surface area contributed by atoms with Gasteiger partial charge in [0.25, 0.3) is 0 Å². The van der Waals surface area contributed by atoms with Crippen LogP contribution >= 0.6 is 27.3 Å². The van der Waals surface area contributed by atoms with Crippen molar-refractivity contribution in [1.29, 1.82) is 0 Å². The summed E-state index contributed by atoms with van der Waals surface area (Å²) in [4.78, 5) is 4.67. The molecule has 1 heterocycles. The van der Waals surface area contributed by atoms with Gasteiger partial charge in [-0.25, -0.2) is 4.98 Å². The van der Waals surface area contributed by atoms with E-state index in [2.05, 4.69) is 52.2 Å². The molecule has 2 rings (SSSR count). The van der Waals surface area contributed by atoms with E-state index in [1.165, 1.54) is 36.8 Å². The lowest BCUT2D eigenvalue weighted by Gasteiger charge is -2.16. The molecule has 0 saturated carbocycles. The van der Waals surface area contributed by atoms with E-state index in [-0.39, 0.29) is 0 Å². The Morgan fingerprint density at radius 1 is 1.26 bits per heavy atom. The smallest absolute Gasteiger partial charge is 0.184 e. The van der Waals surface area contributed by atoms with E-state index < -0.39 is 0 Å². The molecule has 1 unspecified atom stereocenters. The lowest BCUT2D eigenvalue weighted by Crippen LogP contribution is -2.18. The van der Waals surface area contributed by atoms with Crippen LogP contribution in [0.3, 0.4) is 0 Å². The van der Waals surface area contributed by atoms with Crippen LogP contribution in [-0.2, 0) is 0 Å². The van der Waals surface area contributed by atoms with Crippen LogP contribution < -0.4 is 5.32 Å². The molecule has 0 aliphatic heterocycles. The molecule has 0 fully saturated rings. The first-order valence-corrected chi connectivity index (χ1v) is 8.66. The molecule has 1 atom stereocenters. The molecule has 104 valence electrons. The summed E-state index contributed by atoms with van der Waals surface area (Å²) in [6, 6.07) is 6.82. The molecule has 1 aromatic carbocycles. The molecule has 19 heavy (non-hydrogen) atoms. The van der Waals surface area contributed by atoms with Crippen molar-refractivity contribution in [2.75, 3.05) is 5.32 Å². The molecular formula is C15H21BrN2S. The number of unbranched alkanes of at least 4 members (excludes halogenated alkanes) is 1. The number of nitrogens with one attached hydrogen (secondary N) is 1. The van der Waals surface area contributed by atoms with E-state index in [9.17, 15) is 0 Å². The van der Waals surface area contributed by atoms with Gasteiger partial charge in [-0.15, -0.1) is 0 Å². The Morgan fingerprint density at radius 3 is 2.84 bits per heavy atom. The Bertz CT molecular complexity index is 524. The van der Waals surface area contributed by atoms with E-state index in [0.29, 0.717) is 6.04 Å². The summed E-state index contributed by atoms with van der Waals surface area (Å²) in [7, 11) is 0. The summed E-state index contributed by atoms with van der Waals surface area (Å²) in [5, 5.41) is 4.67. The van der Waals surface area contributed by atoms with Gasteiger partial charge in [0, 0.05) is 10.5 Å². The van der Waals surface area contributed by atoms with E-state index in [1.807, 2.05) is 6.07 Å². The van der Waals surface area contributed by atoms with Crippen molar-refractivity contribution in [3.63, 3.8) is 0 Å². The molecule has 0 radical (unpaired) electrons. The van der Waals surface area contributed by atoms with Crippen LogP contribution in [0, 0.1) is 0 Å². The number of nitrogens with zero attached hydrogens (tertiary/aromatic N) is 1. The van der Waals surface area contributed by atoms with Gasteiger partial charge in [0.1, 0.15) is 0 Å². The number of thiazole rings is 1. The number of hydrogen-bond acceptors (Lipinski definition) is 3. The predicted octanol–water partition coefficient (Wildman–Crippen LogP) is 5.83. The standard InChI is InChI=1S/C15H21BrN2S/c1-3-5-7-12(6-4-2)17-15-18-13-9-8-11(16)10-14(13)19-15/h8-10,12H,3-7H2,1-2H3,(H,17,18). The molecule has 0 bridgehead atoms. The van der Waals surface area contributed by atoms with Gasteiger partial charge >= 0.3 is 0 Å². The largest absolute Gasteiger partial charge is 0.359 e. The van der Waals surface area contributed by atoms with Crippen LogP contribution in [0.25, 0.3) is 10.2 Å². The maximum absolute atomic E-state index is 4.67. The van der Waals surface area contributed by atoms with E-state index in [0.717, 1.165) is 15.1 Å². The Labute approximate surface area is 127 Å². The normalized spacial score (nSPS) is 12.8. The fraction of sp³-hybridized carbons (Fsp3) is 0.533. The number of anilines is 1. The SMILES string of the molecule is CCCCC(CCC)Nc1nc2ccc(Br)cc2s1. The molecule has 0 amide bonds. The molecular weight excluding hydrogens is 320 g/mol. The molecule has 0 spiro atoms. The minimum atomic E-state index is 0.564. The predicted molar refractivity (Wildman–Crippen MR) is 89.2 cm³/mol. The lowest BCUT2D eigenvalue weighted by atomic mass is 10.1. The van der Waals surface area contributed by atoms with Gasteiger partial charge in [-0.05, 0) is 31.0 Å². The van der Waals surface area contributed by atoms with Crippen LogP contribution in [0.4, 0.5) is 5.13 Å². The average molecular weight is 341 g/mol. The second kappa shape index (κ2) is 7.25. The maximum atomic E-state index is 4.67. The summed E-state index contributed by atoms with van der Waals surface area (Å²) in [5.41, 5.74) is 1.08. The number of aromatic nitrogens is 1. The first kappa shape index (κ1) is 14.8. The lowest BCUT2D eigenvalue weighted by molar-refractivity contribution is 0.564. The van der Waals surface area contributed by atoms with Gasteiger partial charge in [0.2, 0.25) is 0 Å². The van der Waals surface area contributed by atoms with Crippen LogP contribution in [0.15, 0.2) is 22.7 Å². The highest BCUT2D eigenvalue weighted by Gasteiger charge is 2.10. The number of benzene rings is 1. The number of fused-ring (bicyclic) bond motifs is 1. The first-order chi connectivity index (χ1) is 9.22. The molecule has 2 aromatic rings. The van der Waals surface area contributed by atoms with Crippen molar-refractivity contribution in [2.45, 2.75) is 52.0 Å². The van der Waals surface area contributed by atoms with Crippen molar-refractivity contribution >= 4 is 42.6 Å². The van der Waals surface area contributed by atoms with Gasteiger partial charge in [0.15, 0.2) is 5.13 Å². The Balaban J connectivity index is 2.09. The number of hydrogen-bond donors (Lipinski definition) is 1. The highest BCUT2D eigenvalue weighted by atomic mass is 79.9. The molecule has 2 nitrogen and oxygen atoms in total. The zero-order valence-electron chi connectivity index (χ0n) is 11.6. The fourth-order valence-electron chi connectivity index (χ4n) is 2.22. The van der Waals surface area contributed by atoms with Gasteiger partial charge < -0.3 is 5.32 Å². The zero-order chi connectivity index (χ0) is 13.7. The third-order valence-corrected chi connectivity index (χ3v) is 4.66. The maximum Gasteiger partial charge on any atom is 0.184 e. The van der Waals surface area contributed by atoms with Crippen molar-refractivity contribution in [3.05, 3.63) is 22.7 Å². The molecule has 4 heteroatoms. The van der Waals surface area contributed by atoms with Crippen molar-refractivity contribution < 1.29 is 0 Å². The summed E-state index contributed by atoms with van der Waals surface area (Å²) in [6.45, 7) is 4.49. The van der Waals surface area contributed by atoms with Gasteiger partial charge in [-0.2, -0.15) is 0 Å². The highest BCUT2D eigenvalue weighted by molar-refractivity contribution is 9.10. The van der Waals surface area contributed by atoms with Crippen LogP contribution in [0.1, 0.15) is 46.0 Å². The first-order valence-electron chi connectivity index (χ1n) is 7.05. The van der Waals surface area contributed by atoms with Crippen molar-refractivity contribution in [2.24, 2.45) is 0 Å². The van der Waals surface area contributed by atoms with Crippen LogP contribution in [-0.4, -0.2) is 11.0 Å². The zero-order valence-corrected chi connectivity index (χ0v) is 14.0. The third-order valence-electron chi connectivity index (χ3n) is 3.22. The summed E-state index contributed by atoms with van der Waals surface area (Å²) in [6.07, 6.45) is 6.23. The van der Waals surface area contributed by atoms with E-state index >= 15 is 0 Å². The highest BCUT2D eigenvalue weighted by Crippen LogP contribution is 2.29. The number of halogens is 1. The monoisotopic (exact) mass is 340 g/mol. The second-order valence-electron chi connectivity index (χ2n) is 4.90. The molecule has 0 aliphatic rings. The fourth-order valence-corrected chi connectivity index (χ4v) is 3.72. The van der Waals surface area contributed by atoms with E-state index in [1.54, 1.807) is 11.3 Å². The number of rotatable bonds is 7. The Kier molecular flexibility index (Phi) is 5.64. The van der Waals surface area contributed by atoms with Crippen LogP contribution in [0.5, 0.6) is 0 Å². The quantitative estimate of drug-likeness (QED) is 0.685. The van der Waals surface area contributed by atoms with Crippen molar-refractivity contribution in [3.8, 4) is 0 Å². The van der Waals surface area contributed by atoms with Crippen molar-refractivity contribution in [1.82, 2.24) is 4.98 Å². The average Bonchev–Trinajstić information content (AvgIpc) is 2.77. The minimum absolute atomic E-state index is 0.564. The Hall–Kier alpha value is -0.610. The third kappa shape index (κ3) is 4.18. The second-order valence-corrected chi connectivity index (χ2v) is 6.85. The summed E-state index contributed by atoms with van der Waals surface area (Å²) >= 11 is 5.26. The van der Waals surface area contributed by atoms with Crippen LogP contribution in [0.2, 0.25) is 0 Å². The Morgan fingerprint density at radius 2 is 2.11 bits per heavy atom. The summed E-state index contributed by atoms with van der Waals surface area (Å²) < 4.78 is 2.36. The molecule has 0 saturated heterocycles. The molecule has 1 N–H and O–H groups in total. The van der Waals surface area contributed by atoms with Gasteiger partial charge in [-0.3, -0.25) is 0 Å². The minimum Gasteiger partial charge on any atom is -0.359 e. The molecule has 1 aromatic heterocycles. The van der Waals surface area contributed by atoms with Gasteiger partial charge in [0.05, 0.1) is 10.2 Å². The molecule has 0 aliphatic carbocycles. The topological polar surface area (TPSA) is 24.9 Å². The van der Waals surface area contributed by atoms with Gasteiger partial charge in [-0.1, -0.05) is 60.4 Å².